The van der Waals surface area contributed by atoms with Gasteiger partial charge in [0.25, 0.3) is 0 Å². The Hall–Kier alpha value is -1.74. The van der Waals surface area contributed by atoms with Crippen LogP contribution in [0, 0.1) is 6.92 Å². The highest BCUT2D eigenvalue weighted by atomic mass is 32.2. The average Bonchev–Trinajstić information content (AvgIpc) is 2.52. The van der Waals surface area contributed by atoms with Crippen molar-refractivity contribution in [2.45, 2.75) is 45.2 Å². The molecule has 2 amide bonds. The highest BCUT2D eigenvalue weighted by Crippen LogP contribution is 2.19. The Kier molecular flexibility index (Phi) is 6.50. The van der Waals surface area contributed by atoms with E-state index >= 15 is 0 Å². The van der Waals surface area contributed by atoms with Gasteiger partial charge in [0.15, 0.2) is 0 Å². The Morgan fingerprint density at radius 1 is 1.42 bits per heavy atom. The van der Waals surface area contributed by atoms with Crippen molar-refractivity contribution in [1.82, 2.24) is 24.9 Å². The number of piperidine rings is 1. The summed E-state index contributed by atoms with van der Waals surface area (Å²) in [5, 5.41) is 2.89. The smallest absolute Gasteiger partial charge is 0.317 e. The summed E-state index contributed by atoms with van der Waals surface area (Å²) >= 11 is 0. The van der Waals surface area contributed by atoms with E-state index in [0.717, 1.165) is 31.2 Å². The minimum absolute atomic E-state index is 0.0557. The minimum Gasteiger partial charge on any atom is -0.332 e. The Morgan fingerprint density at radius 3 is 2.92 bits per heavy atom. The fourth-order valence-electron chi connectivity index (χ4n) is 2.85. The van der Waals surface area contributed by atoms with Crippen LogP contribution < -0.4 is 10.0 Å². The Morgan fingerprint density at radius 2 is 2.21 bits per heavy atom. The predicted octanol–water partition coefficient (Wildman–Crippen LogP) is 0.788. The fourth-order valence-corrected chi connectivity index (χ4v) is 3.34. The van der Waals surface area contributed by atoms with E-state index in [-0.39, 0.29) is 12.1 Å². The third-order valence-corrected chi connectivity index (χ3v) is 4.71. The van der Waals surface area contributed by atoms with Crippen molar-refractivity contribution < 1.29 is 13.2 Å². The molecule has 1 fully saturated rings. The first-order valence-corrected chi connectivity index (χ1v) is 10.0. The van der Waals surface area contributed by atoms with Gasteiger partial charge < -0.3 is 10.2 Å². The summed E-state index contributed by atoms with van der Waals surface area (Å²) in [6.07, 6.45) is 6.35. The first-order chi connectivity index (χ1) is 11.3. The third-order valence-electron chi connectivity index (χ3n) is 3.98. The maximum atomic E-state index is 12.5. The molecule has 1 saturated heterocycles. The molecule has 134 valence electrons. The second kappa shape index (κ2) is 8.39. The van der Waals surface area contributed by atoms with E-state index in [0.29, 0.717) is 31.9 Å². The number of amides is 2. The predicted molar refractivity (Wildman–Crippen MR) is 90.8 cm³/mol. The monoisotopic (exact) mass is 355 g/mol. The molecule has 0 aliphatic carbocycles. The van der Waals surface area contributed by atoms with Crippen molar-refractivity contribution in [3.8, 4) is 0 Å². The number of aromatic nitrogens is 2. The second-order valence-electron chi connectivity index (χ2n) is 6.05. The number of carbonyl (C=O) groups is 1. The summed E-state index contributed by atoms with van der Waals surface area (Å²) in [7, 11) is -3.20. The van der Waals surface area contributed by atoms with Gasteiger partial charge >= 0.3 is 6.03 Å². The number of nitrogens with one attached hydrogen (secondary N) is 2. The van der Waals surface area contributed by atoms with E-state index in [1.807, 2.05) is 4.90 Å². The lowest BCUT2D eigenvalue weighted by Crippen LogP contribution is -2.49. The molecule has 8 nitrogen and oxygen atoms in total. The van der Waals surface area contributed by atoms with E-state index in [9.17, 15) is 13.2 Å². The van der Waals surface area contributed by atoms with Gasteiger partial charge in [0.2, 0.25) is 10.0 Å². The minimum atomic E-state index is -3.20. The first kappa shape index (κ1) is 18.6. The van der Waals surface area contributed by atoms with Gasteiger partial charge in [-0.3, -0.25) is 0 Å². The molecular formula is C15H25N5O3S. The molecule has 24 heavy (non-hydrogen) atoms. The molecule has 1 aliphatic rings. The van der Waals surface area contributed by atoms with Crippen LogP contribution >= 0.6 is 0 Å². The van der Waals surface area contributed by atoms with Crippen LogP contribution in [0.15, 0.2) is 12.3 Å². The zero-order valence-corrected chi connectivity index (χ0v) is 15.0. The molecule has 0 bridgehead atoms. The highest BCUT2D eigenvalue weighted by Gasteiger charge is 2.26. The fraction of sp³-hybridized carbons (Fsp3) is 0.667. The standard InChI is InChI=1S/C15H25N5O3S/c1-12-16-8-6-13(19-12)11-17-15(21)20-10-4-3-5-14(20)7-9-18-24(2,22)23/h6,8,14,18H,3-5,7,9-11H2,1-2H3,(H,17,21). The van der Waals surface area contributed by atoms with Gasteiger partial charge in [-0.15, -0.1) is 0 Å². The lowest BCUT2D eigenvalue weighted by atomic mass is 10.00. The maximum Gasteiger partial charge on any atom is 0.317 e. The zero-order chi connectivity index (χ0) is 17.6. The first-order valence-electron chi connectivity index (χ1n) is 8.13. The summed E-state index contributed by atoms with van der Waals surface area (Å²) < 4.78 is 24.8. The van der Waals surface area contributed by atoms with Gasteiger partial charge in [-0.2, -0.15) is 0 Å². The van der Waals surface area contributed by atoms with Crippen LogP contribution in [-0.4, -0.2) is 54.7 Å². The zero-order valence-electron chi connectivity index (χ0n) is 14.2. The lowest BCUT2D eigenvalue weighted by molar-refractivity contribution is 0.146. The Labute approximate surface area is 143 Å². The van der Waals surface area contributed by atoms with Gasteiger partial charge in [0.05, 0.1) is 18.5 Å². The summed E-state index contributed by atoms with van der Waals surface area (Å²) in [5.74, 6) is 0.671. The molecule has 1 aliphatic heterocycles. The number of rotatable bonds is 6. The van der Waals surface area contributed by atoms with Crippen LogP contribution in [0.4, 0.5) is 4.79 Å². The molecule has 2 rings (SSSR count). The van der Waals surface area contributed by atoms with Crippen LogP contribution in [0.25, 0.3) is 0 Å². The molecule has 0 saturated carbocycles. The molecular weight excluding hydrogens is 330 g/mol. The van der Waals surface area contributed by atoms with Crippen LogP contribution in [0.2, 0.25) is 0 Å². The summed E-state index contributed by atoms with van der Waals surface area (Å²) in [6, 6.07) is 1.70. The van der Waals surface area contributed by atoms with Crippen molar-refractivity contribution in [2.24, 2.45) is 0 Å². The molecule has 0 aromatic carbocycles. The van der Waals surface area contributed by atoms with E-state index in [2.05, 4.69) is 20.0 Å². The van der Waals surface area contributed by atoms with Crippen molar-refractivity contribution in [3.63, 3.8) is 0 Å². The van der Waals surface area contributed by atoms with Crippen LogP contribution in [0.3, 0.4) is 0 Å². The number of urea groups is 1. The highest BCUT2D eigenvalue weighted by molar-refractivity contribution is 7.88. The number of sulfonamides is 1. The van der Waals surface area contributed by atoms with Crippen molar-refractivity contribution in [3.05, 3.63) is 23.8 Å². The largest absolute Gasteiger partial charge is 0.332 e. The normalized spacial score (nSPS) is 18.4. The summed E-state index contributed by atoms with van der Waals surface area (Å²) in [6.45, 7) is 3.20. The van der Waals surface area contributed by atoms with Crippen LogP contribution in [-0.2, 0) is 16.6 Å². The third kappa shape index (κ3) is 6.04. The number of aryl methyl sites for hydroxylation is 1. The number of hydrogen-bond donors (Lipinski definition) is 2. The molecule has 1 aromatic heterocycles. The Balaban J connectivity index is 1.87. The number of nitrogens with zero attached hydrogens (tertiary/aromatic N) is 3. The van der Waals surface area contributed by atoms with Gasteiger partial charge in [0.1, 0.15) is 5.82 Å². The van der Waals surface area contributed by atoms with Gasteiger partial charge in [-0.05, 0) is 38.7 Å². The van der Waals surface area contributed by atoms with Gasteiger partial charge in [0, 0.05) is 25.3 Å². The maximum absolute atomic E-state index is 12.5. The molecule has 2 heterocycles. The van der Waals surface area contributed by atoms with E-state index in [1.54, 1.807) is 19.2 Å². The van der Waals surface area contributed by atoms with Crippen LogP contribution in [0.1, 0.15) is 37.2 Å². The molecule has 0 radical (unpaired) electrons. The SMILES string of the molecule is Cc1nccc(CNC(=O)N2CCCCC2CCNS(C)(=O)=O)n1. The second-order valence-corrected chi connectivity index (χ2v) is 7.89. The number of likely N-dealkylation sites (tertiary alicyclic amines) is 1. The number of hydrogen-bond acceptors (Lipinski definition) is 5. The van der Waals surface area contributed by atoms with Crippen molar-refractivity contribution in [1.29, 1.82) is 0 Å². The average molecular weight is 355 g/mol. The van der Waals surface area contributed by atoms with Crippen LogP contribution in [0.5, 0.6) is 0 Å². The molecule has 0 spiro atoms. The lowest BCUT2D eigenvalue weighted by Gasteiger charge is -2.35. The van der Waals surface area contributed by atoms with E-state index in [4.69, 9.17) is 0 Å². The molecule has 1 aromatic rings. The molecule has 1 unspecified atom stereocenters. The number of carbonyl (C=O) groups excluding carboxylic acids is 1. The van der Waals surface area contributed by atoms with Crippen molar-refractivity contribution in [2.75, 3.05) is 19.3 Å². The van der Waals surface area contributed by atoms with E-state index < -0.39 is 10.0 Å². The topological polar surface area (TPSA) is 104 Å². The Bertz CT molecular complexity index is 665. The quantitative estimate of drug-likeness (QED) is 0.785. The summed E-state index contributed by atoms with van der Waals surface area (Å²) in [5.41, 5.74) is 0.767. The van der Waals surface area contributed by atoms with Gasteiger partial charge in [-0.25, -0.2) is 27.9 Å². The molecule has 2 N–H and O–H groups in total. The molecule has 9 heteroatoms. The van der Waals surface area contributed by atoms with Crippen molar-refractivity contribution >= 4 is 16.1 Å². The van der Waals surface area contributed by atoms with E-state index in [1.165, 1.54) is 0 Å². The summed E-state index contributed by atoms with van der Waals surface area (Å²) in [4.78, 5) is 22.6. The molecule has 1 atom stereocenters. The van der Waals surface area contributed by atoms with Gasteiger partial charge in [-0.1, -0.05) is 0 Å².